The number of hydrogen-bond acceptors (Lipinski definition) is 5. The Bertz CT molecular complexity index is 901. The molecule has 7 nitrogen and oxygen atoms in total. The van der Waals surface area contributed by atoms with Crippen LogP contribution in [0.4, 0.5) is 5.69 Å². The highest BCUT2D eigenvalue weighted by atomic mass is 32.2. The Balaban J connectivity index is 1.87. The van der Waals surface area contributed by atoms with E-state index in [4.69, 9.17) is 5.73 Å². The van der Waals surface area contributed by atoms with E-state index in [0.717, 1.165) is 24.8 Å². The predicted molar refractivity (Wildman–Crippen MR) is 107 cm³/mol. The molecule has 2 aromatic rings. The van der Waals surface area contributed by atoms with E-state index < -0.39 is 14.9 Å². The number of nitrogens with two attached hydrogens (primary N) is 1. The summed E-state index contributed by atoms with van der Waals surface area (Å²) < 4.78 is 28.1. The van der Waals surface area contributed by atoms with Gasteiger partial charge in [-0.1, -0.05) is 36.8 Å². The molecule has 0 amide bonds. The lowest BCUT2D eigenvalue weighted by molar-refractivity contribution is -0.384. The molecule has 2 N–H and O–H groups in total. The third-order valence-electron chi connectivity index (χ3n) is 5.34. The number of rotatable bonds is 7. The molecule has 3 rings (SSSR count). The summed E-state index contributed by atoms with van der Waals surface area (Å²) in [5.41, 5.74) is 7.06. The fourth-order valence-corrected chi connectivity index (χ4v) is 5.62. The van der Waals surface area contributed by atoms with Gasteiger partial charge < -0.3 is 5.73 Å². The van der Waals surface area contributed by atoms with Crippen molar-refractivity contribution in [3.05, 3.63) is 70.3 Å². The summed E-state index contributed by atoms with van der Waals surface area (Å²) in [6.45, 7) is 0.834. The fourth-order valence-electron chi connectivity index (χ4n) is 3.87. The standard InChI is InChI=1S/C20H25N3O4S/c21-15-17(14-16-6-2-1-3-7-16)20-8-4-5-13-22(20)28(26,27)19-11-9-18(10-12-19)23(24)25/h1-3,6-7,9-12,17,20H,4-5,8,13-15,21H2/t17-,20+/m1/s1. The van der Waals surface area contributed by atoms with E-state index in [9.17, 15) is 18.5 Å². The smallest absolute Gasteiger partial charge is 0.269 e. The molecule has 0 saturated carbocycles. The molecule has 2 aromatic carbocycles. The van der Waals surface area contributed by atoms with Crippen LogP contribution >= 0.6 is 0 Å². The molecular weight excluding hydrogens is 378 g/mol. The van der Waals surface area contributed by atoms with Gasteiger partial charge in [0.25, 0.3) is 5.69 Å². The van der Waals surface area contributed by atoms with E-state index in [0.29, 0.717) is 19.5 Å². The minimum Gasteiger partial charge on any atom is -0.330 e. The van der Waals surface area contributed by atoms with Crippen LogP contribution in [0.5, 0.6) is 0 Å². The average Bonchev–Trinajstić information content (AvgIpc) is 2.73. The van der Waals surface area contributed by atoms with E-state index in [1.165, 1.54) is 24.3 Å². The van der Waals surface area contributed by atoms with Gasteiger partial charge in [0, 0.05) is 24.7 Å². The summed E-state index contributed by atoms with van der Waals surface area (Å²) in [7, 11) is -3.75. The Morgan fingerprint density at radius 2 is 1.79 bits per heavy atom. The zero-order chi connectivity index (χ0) is 20.1. The maximum absolute atomic E-state index is 13.3. The van der Waals surface area contributed by atoms with Crippen LogP contribution in [0.2, 0.25) is 0 Å². The Morgan fingerprint density at radius 3 is 2.39 bits per heavy atom. The summed E-state index contributed by atoms with van der Waals surface area (Å²) in [5, 5.41) is 10.8. The normalized spacial score (nSPS) is 19.2. The van der Waals surface area contributed by atoms with Gasteiger partial charge in [0.15, 0.2) is 0 Å². The van der Waals surface area contributed by atoms with Crippen molar-refractivity contribution in [1.29, 1.82) is 0 Å². The zero-order valence-electron chi connectivity index (χ0n) is 15.6. The molecule has 8 heteroatoms. The molecule has 1 saturated heterocycles. The number of nitro benzene ring substituents is 1. The molecule has 0 aromatic heterocycles. The van der Waals surface area contributed by atoms with E-state index in [2.05, 4.69) is 0 Å². The third kappa shape index (κ3) is 4.40. The second-order valence-corrected chi connectivity index (χ2v) is 9.01. The van der Waals surface area contributed by atoms with Crippen molar-refractivity contribution >= 4 is 15.7 Å². The lowest BCUT2D eigenvalue weighted by Gasteiger charge is -2.39. The summed E-state index contributed by atoms with van der Waals surface area (Å²) in [6.07, 6.45) is 3.24. The molecule has 1 aliphatic heterocycles. The average molecular weight is 404 g/mol. The monoisotopic (exact) mass is 403 g/mol. The maximum atomic E-state index is 13.3. The van der Waals surface area contributed by atoms with Crippen molar-refractivity contribution in [2.45, 2.75) is 36.6 Å². The largest absolute Gasteiger partial charge is 0.330 e. The highest BCUT2D eigenvalue weighted by Gasteiger charge is 2.37. The minimum absolute atomic E-state index is 0.00974. The Kier molecular flexibility index (Phi) is 6.43. The molecule has 1 aliphatic rings. The number of piperidine rings is 1. The van der Waals surface area contributed by atoms with Gasteiger partial charge in [0.05, 0.1) is 9.82 Å². The van der Waals surface area contributed by atoms with E-state index in [-0.39, 0.29) is 22.5 Å². The lowest BCUT2D eigenvalue weighted by Crippen LogP contribution is -2.49. The van der Waals surface area contributed by atoms with Gasteiger partial charge in [-0.15, -0.1) is 0 Å². The van der Waals surface area contributed by atoms with Crippen molar-refractivity contribution in [1.82, 2.24) is 4.31 Å². The van der Waals surface area contributed by atoms with Crippen LogP contribution < -0.4 is 5.73 Å². The molecule has 0 radical (unpaired) electrons. The fraction of sp³-hybridized carbons (Fsp3) is 0.400. The number of benzene rings is 2. The predicted octanol–water partition coefficient (Wildman–Crippen LogP) is 2.96. The first-order valence-corrected chi connectivity index (χ1v) is 10.9. The third-order valence-corrected chi connectivity index (χ3v) is 7.28. The quantitative estimate of drug-likeness (QED) is 0.565. The number of nitro groups is 1. The van der Waals surface area contributed by atoms with Crippen LogP contribution in [-0.4, -0.2) is 36.8 Å². The topological polar surface area (TPSA) is 107 Å². The molecular formula is C20H25N3O4S. The van der Waals surface area contributed by atoms with E-state index >= 15 is 0 Å². The summed E-state index contributed by atoms with van der Waals surface area (Å²) in [6, 6.07) is 14.9. The first-order chi connectivity index (χ1) is 13.4. The van der Waals surface area contributed by atoms with Gasteiger partial charge in [-0.3, -0.25) is 10.1 Å². The van der Waals surface area contributed by atoms with Gasteiger partial charge in [-0.25, -0.2) is 8.42 Å². The van der Waals surface area contributed by atoms with Crippen LogP contribution in [0.25, 0.3) is 0 Å². The first kappa shape index (κ1) is 20.4. The molecule has 1 heterocycles. The first-order valence-electron chi connectivity index (χ1n) is 9.44. The molecule has 150 valence electrons. The molecule has 0 spiro atoms. The van der Waals surface area contributed by atoms with E-state index in [1.807, 2.05) is 30.3 Å². The van der Waals surface area contributed by atoms with E-state index in [1.54, 1.807) is 4.31 Å². The zero-order valence-corrected chi connectivity index (χ0v) is 16.4. The van der Waals surface area contributed by atoms with Crippen molar-refractivity contribution < 1.29 is 13.3 Å². The maximum Gasteiger partial charge on any atom is 0.269 e. The molecule has 28 heavy (non-hydrogen) atoms. The minimum atomic E-state index is -3.75. The number of hydrogen-bond donors (Lipinski definition) is 1. The van der Waals surface area contributed by atoms with Gasteiger partial charge in [0.2, 0.25) is 10.0 Å². The molecule has 0 aliphatic carbocycles. The van der Waals surface area contributed by atoms with Crippen LogP contribution in [0, 0.1) is 16.0 Å². The number of sulfonamides is 1. The van der Waals surface area contributed by atoms with Crippen LogP contribution in [-0.2, 0) is 16.4 Å². The van der Waals surface area contributed by atoms with Crippen molar-refractivity contribution in [2.75, 3.05) is 13.1 Å². The SMILES string of the molecule is NC[C@@H](Cc1ccccc1)[C@@H]1CCCCN1S(=O)(=O)c1ccc([N+](=O)[O-])cc1. The summed E-state index contributed by atoms with van der Waals surface area (Å²) in [4.78, 5) is 10.4. The van der Waals surface area contributed by atoms with Crippen LogP contribution in [0.3, 0.4) is 0 Å². The lowest BCUT2D eigenvalue weighted by atomic mass is 9.87. The van der Waals surface area contributed by atoms with Gasteiger partial charge in [-0.2, -0.15) is 4.31 Å². The second kappa shape index (κ2) is 8.81. The highest BCUT2D eigenvalue weighted by Crippen LogP contribution is 2.31. The van der Waals surface area contributed by atoms with Crippen LogP contribution in [0.1, 0.15) is 24.8 Å². The molecule has 0 unspecified atom stereocenters. The molecule has 2 atom stereocenters. The second-order valence-electron chi connectivity index (χ2n) is 7.12. The van der Waals surface area contributed by atoms with Gasteiger partial charge >= 0.3 is 0 Å². The van der Waals surface area contributed by atoms with Gasteiger partial charge in [-0.05, 0) is 49.4 Å². The summed E-state index contributed by atoms with van der Waals surface area (Å²) in [5.74, 6) is 0.00974. The molecule has 1 fully saturated rings. The number of non-ortho nitro benzene ring substituents is 1. The van der Waals surface area contributed by atoms with Crippen molar-refractivity contribution in [2.24, 2.45) is 11.7 Å². The summed E-state index contributed by atoms with van der Waals surface area (Å²) >= 11 is 0. The Morgan fingerprint density at radius 1 is 1.11 bits per heavy atom. The Labute approximate surface area is 165 Å². The Hall–Kier alpha value is -2.29. The van der Waals surface area contributed by atoms with Gasteiger partial charge in [0.1, 0.15) is 0 Å². The number of nitrogens with zero attached hydrogens (tertiary/aromatic N) is 2. The molecule has 0 bridgehead atoms. The van der Waals surface area contributed by atoms with Crippen molar-refractivity contribution in [3.8, 4) is 0 Å². The van der Waals surface area contributed by atoms with Crippen LogP contribution in [0.15, 0.2) is 59.5 Å². The highest BCUT2D eigenvalue weighted by molar-refractivity contribution is 7.89. The van der Waals surface area contributed by atoms with Crippen molar-refractivity contribution in [3.63, 3.8) is 0 Å².